The molecule has 6 nitrogen and oxygen atoms in total. The summed E-state index contributed by atoms with van der Waals surface area (Å²) in [5, 5.41) is 2.78. The maximum Gasteiger partial charge on any atom is 0.405 e. The highest BCUT2D eigenvalue weighted by atomic mass is 35.5. The van der Waals surface area contributed by atoms with E-state index in [1.807, 2.05) is 12.1 Å². The molecule has 0 bridgehead atoms. The number of hydrogen-bond donors (Lipinski definition) is 2. The first-order valence-corrected chi connectivity index (χ1v) is 14.4. The molecular formula is C26H31ClF3N3O3S. The molecule has 2 aromatic rings. The van der Waals surface area contributed by atoms with Crippen molar-refractivity contribution in [2.45, 2.75) is 74.6 Å². The molecule has 0 spiro atoms. The Morgan fingerprint density at radius 1 is 1.08 bits per heavy atom. The smallest absolute Gasteiger partial charge is 0.349 e. The van der Waals surface area contributed by atoms with E-state index in [2.05, 4.69) is 16.3 Å². The molecule has 2 aliphatic rings. The first-order chi connectivity index (χ1) is 17.5. The molecule has 2 atom stereocenters. The van der Waals surface area contributed by atoms with Crippen molar-refractivity contribution in [1.82, 2.24) is 14.9 Å². The average Bonchev–Trinajstić information content (AvgIpc) is 2.84. The lowest BCUT2D eigenvalue weighted by atomic mass is 9.86. The first kappa shape index (κ1) is 27.9. The van der Waals surface area contributed by atoms with Crippen molar-refractivity contribution in [3.05, 3.63) is 64.2 Å². The summed E-state index contributed by atoms with van der Waals surface area (Å²) >= 11 is 5.79. The number of carbonyl (C=O) groups excluding carboxylic acids is 1. The highest BCUT2D eigenvalue weighted by Crippen LogP contribution is 2.32. The molecule has 1 fully saturated rings. The van der Waals surface area contributed by atoms with Crippen molar-refractivity contribution < 1.29 is 26.4 Å². The number of nitrogens with zero attached hydrogens (tertiary/aromatic N) is 1. The lowest BCUT2D eigenvalue weighted by molar-refractivity contribution is -0.158. The van der Waals surface area contributed by atoms with Gasteiger partial charge in [-0.1, -0.05) is 42.3 Å². The molecule has 2 aromatic carbocycles. The molecule has 2 N–H and O–H groups in total. The monoisotopic (exact) mass is 557 g/mol. The van der Waals surface area contributed by atoms with Gasteiger partial charge in [0.05, 0.1) is 17.4 Å². The minimum Gasteiger partial charge on any atom is -0.349 e. The highest BCUT2D eigenvalue weighted by Gasteiger charge is 2.44. The third-order valence-electron chi connectivity index (χ3n) is 6.90. The van der Waals surface area contributed by atoms with Crippen molar-refractivity contribution in [2.75, 3.05) is 13.1 Å². The third-order valence-corrected chi connectivity index (χ3v) is 8.60. The Kier molecular flexibility index (Phi) is 8.83. The van der Waals surface area contributed by atoms with Crippen molar-refractivity contribution in [2.24, 2.45) is 0 Å². The summed E-state index contributed by atoms with van der Waals surface area (Å²) in [5.74, 6) is -0.869. The number of halogens is 4. The van der Waals surface area contributed by atoms with Gasteiger partial charge in [-0.2, -0.15) is 17.9 Å². The maximum absolute atomic E-state index is 13.7. The molecule has 1 amide bonds. The zero-order chi connectivity index (χ0) is 26.6. The van der Waals surface area contributed by atoms with Gasteiger partial charge < -0.3 is 5.32 Å². The molecule has 37 heavy (non-hydrogen) atoms. The summed E-state index contributed by atoms with van der Waals surface area (Å²) in [5.41, 5.74) is 3.20. The predicted octanol–water partition coefficient (Wildman–Crippen LogP) is 5.12. The quantitative estimate of drug-likeness (QED) is 0.472. The van der Waals surface area contributed by atoms with Crippen LogP contribution in [0.4, 0.5) is 13.2 Å². The van der Waals surface area contributed by atoms with Crippen LogP contribution in [0.15, 0.2) is 47.4 Å². The summed E-state index contributed by atoms with van der Waals surface area (Å²) < 4.78 is 67.9. The number of hydrogen-bond acceptors (Lipinski definition) is 4. The van der Waals surface area contributed by atoms with E-state index in [-0.39, 0.29) is 5.02 Å². The van der Waals surface area contributed by atoms with E-state index in [0.717, 1.165) is 55.7 Å². The SMILES string of the molecule is O=C(C[C@@H](NS(=O)(=O)c1cccc(Cl)c1)C(F)(F)F)N[C@@H]1CCCc2cc(CN3CCCCC3)ccc21. The van der Waals surface area contributed by atoms with E-state index in [4.69, 9.17) is 11.6 Å². The number of carbonyl (C=O) groups is 1. The number of piperidine rings is 1. The number of benzene rings is 2. The van der Waals surface area contributed by atoms with E-state index in [1.165, 1.54) is 37.0 Å². The van der Waals surface area contributed by atoms with Crippen LogP contribution in [0.5, 0.6) is 0 Å². The zero-order valence-corrected chi connectivity index (χ0v) is 21.9. The average molecular weight is 558 g/mol. The number of likely N-dealkylation sites (tertiary alicyclic amines) is 1. The van der Waals surface area contributed by atoms with Gasteiger partial charge in [0.15, 0.2) is 0 Å². The summed E-state index contributed by atoms with van der Waals surface area (Å²) in [6, 6.07) is 8.05. The number of rotatable bonds is 8. The van der Waals surface area contributed by atoms with Crippen molar-refractivity contribution in [3.63, 3.8) is 0 Å². The number of sulfonamides is 1. The Bertz CT molecular complexity index is 1220. The lowest BCUT2D eigenvalue weighted by Crippen LogP contribution is -2.48. The summed E-state index contributed by atoms with van der Waals surface area (Å²) in [4.78, 5) is 14.7. The fraction of sp³-hybridized carbons (Fsp3) is 0.500. The van der Waals surface area contributed by atoms with Gasteiger partial charge in [-0.25, -0.2) is 8.42 Å². The second kappa shape index (κ2) is 11.7. The van der Waals surface area contributed by atoms with Crippen LogP contribution in [0.2, 0.25) is 5.02 Å². The van der Waals surface area contributed by atoms with Crippen LogP contribution in [0, 0.1) is 0 Å². The molecule has 1 heterocycles. The van der Waals surface area contributed by atoms with Crippen LogP contribution in [-0.4, -0.2) is 44.5 Å². The molecule has 202 valence electrons. The number of amides is 1. The molecule has 1 aliphatic heterocycles. The van der Waals surface area contributed by atoms with Crippen LogP contribution in [0.3, 0.4) is 0 Å². The fourth-order valence-corrected chi connectivity index (χ4v) is 6.57. The minimum atomic E-state index is -4.96. The topological polar surface area (TPSA) is 78.5 Å². The molecular weight excluding hydrogens is 527 g/mol. The molecule has 0 aromatic heterocycles. The fourth-order valence-electron chi connectivity index (χ4n) is 5.04. The van der Waals surface area contributed by atoms with Crippen LogP contribution in [0.25, 0.3) is 0 Å². The van der Waals surface area contributed by atoms with Gasteiger partial charge in [0.1, 0.15) is 6.04 Å². The Morgan fingerprint density at radius 3 is 2.54 bits per heavy atom. The van der Waals surface area contributed by atoms with Crippen LogP contribution in [-0.2, 0) is 27.8 Å². The van der Waals surface area contributed by atoms with E-state index in [0.29, 0.717) is 6.42 Å². The van der Waals surface area contributed by atoms with Crippen LogP contribution in [0.1, 0.15) is 61.3 Å². The van der Waals surface area contributed by atoms with E-state index in [9.17, 15) is 26.4 Å². The predicted molar refractivity (Wildman–Crippen MR) is 136 cm³/mol. The van der Waals surface area contributed by atoms with Gasteiger partial charge >= 0.3 is 6.18 Å². The van der Waals surface area contributed by atoms with Crippen LogP contribution >= 0.6 is 11.6 Å². The van der Waals surface area contributed by atoms with Crippen molar-refractivity contribution >= 4 is 27.5 Å². The number of nitrogens with one attached hydrogen (secondary N) is 2. The first-order valence-electron chi connectivity index (χ1n) is 12.5. The summed E-state index contributed by atoms with van der Waals surface area (Å²) in [7, 11) is -4.55. The third kappa shape index (κ3) is 7.46. The van der Waals surface area contributed by atoms with Gasteiger partial charge in [0.25, 0.3) is 0 Å². The highest BCUT2D eigenvalue weighted by molar-refractivity contribution is 7.89. The van der Waals surface area contributed by atoms with Gasteiger partial charge in [0, 0.05) is 11.6 Å². The standard InChI is InChI=1S/C26H31ClF3N3O3S/c27-20-7-5-8-21(15-20)37(35,36)32-24(26(28,29)30)16-25(34)31-23-9-4-6-19-14-18(10-11-22(19)23)17-33-12-2-1-3-13-33/h5,7-8,10-11,14-15,23-24,32H,1-4,6,9,12-13,16-17H2,(H,31,34)/t23-,24-/m1/s1. The Hall–Kier alpha value is -2.14. The number of aryl methyl sites for hydroxylation is 1. The van der Waals surface area contributed by atoms with Crippen molar-refractivity contribution in [1.29, 1.82) is 0 Å². The Balaban J connectivity index is 1.43. The molecule has 1 saturated heterocycles. The molecule has 11 heteroatoms. The Labute approximate surface area is 220 Å². The normalized spacial score (nSPS) is 19.7. The maximum atomic E-state index is 13.7. The Morgan fingerprint density at radius 2 is 1.84 bits per heavy atom. The lowest BCUT2D eigenvalue weighted by Gasteiger charge is -2.30. The van der Waals surface area contributed by atoms with Gasteiger partial charge in [-0.05, 0) is 80.1 Å². The second-order valence-corrected chi connectivity index (χ2v) is 11.9. The van der Waals surface area contributed by atoms with E-state index >= 15 is 0 Å². The van der Waals surface area contributed by atoms with Crippen molar-refractivity contribution in [3.8, 4) is 0 Å². The molecule has 1 aliphatic carbocycles. The van der Waals surface area contributed by atoms with Gasteiger partial charge in [0.2, 0.25) is 15.9 Å². The molecule has 0 unspecified atom stereocenters. The van der Waals surface area contributed by atoms with E-state index in [1.54, 1.807) is 4.72 Å². The summed E-state index contributed by atoms with van der Waals surface area (Å²) in [6.45, 7) is 3.03. The molecule has 0 radical (unpaired) electrons. The van der Waals surface area contributed by atoms with E-state index < -0.39 is 45.5 Å². The summed E-state index contributed by atoms with van der Waals surface area (Å²) in [6.07, 6.45) is -0.108. The second-order valence-electron chi connectivity index (χ2n) is 9.76. The zero-order valence-electron chi connectivity index (χ0n) is 20.4. The van der Waals surface area contributed by atoms with Gasteiger partial charge in [-0.15, -0.1) is 0 Å². The number of fused-ring (bicyclic) bond motifs is 1. The molecule has 0 saturated carbocycles. The van der Waals surface area contributed by atoms with Gasteiger partial charge in [-0.3, -0.25) is 9.69 Å². The largest absolute Gasteiger partial charge is 0.405 e. The minimum absolute atomic E-state index is 0.0687. The molecule has 4 rings (SSSR count). The van der Waals surface area contributed by atoms with Crippen LogP contribution < -0.4 is 10.0 Å². The number of alkyl halides is 3.